The third-order valence-corrected chi connectivity index (χ3v) is 12.8. The van der Waals surface area contributed by atoms with Crippen LogP contribution in [0.15, 0.2) is 174 Å². The molecule has 0 radical (unpaired) electrons. The van der Waals surface area contributed by atoms with Crippen molar-refractivity contribution in [3.8, 4) is 56.4 Å². The Kier molecular flexibility index (Phi) is 7.50. The standard InChI is InChI=1S/C53H33N3OS/c1-2-14-32(15-3-1)51-54-52(56-53(55-51)42-24-13-27-48-50(42)41-22-10-11-26-47(41)58-48)40-21-9-8-20-38(40)39-23-12-25-46-49(39)44-31-34(28-29-45(44)57-46)43-30-33-16-4-5-17-35(33)36-18-6-7-19-37(36)43/h1-6,8-18,20-31H,7,19H2. The van der Waals surface area contributed by atoms with Crippen LogP contribution in [0.2, 0.25) is 0 Å². The molecule has 0 aliphatic heterocycles. The van der Waals surface area contributed by atoms with E-state index in [0.29, 0.717) is 17.5 Å². The molecule has 12 rings (SSSR count). The predicted molar refractivity (Wildman–Crippen MR) is 242 cm³/mol. The minimum Gasteiger partial charge on any atom is -0.456 e. The number of benzene rings is 8. The molecule has 0 bridgehead atoms. The zero-order chi connectivity index (χ0) is 38.2. The topological polar surface area (TPSA) is 51.8 Å². The Bertz CT molecular complexity index is 3470. The molecular weight excluding hydrogens is 727 g/mol. The lowest BCUT2D eigenvalue weighted by Crippen LogP contribution is -2.01. The minimum absolute atomic E-state index is 0.623. The molecule has 272 valence electrons. The van der Waals surface area contributed by atoms with Crippen molar-refractivity contribution in [2.24, 2.45) is 0 Å². The number of rotatable bonds is 5. The molecule has 3 heterocycles. The van der Waals surface area contributed by atoms with E-state index in [4.69, 9.17) is 19.4 Å². The first-order chi connectivity index (χ1) is 28.7. The molecule has 0 atom stereocenters. The fourth-order valence-electron chi connectivity index (χ4n) is 8.99. The lowest BCUT2D eigenvalue weighted by atomic mass is 9.85. The molecule has 3 aromatic heterocycles. The summed E-state index contributed by atoms with van der Waals surface area (Å²) in [5.41, 5.74) is 11.9. The molecule has 58 heavy (non-hydrogen) atoms. The molecule has 0 amide bonds. The van der Waals surface area contributed by atoms with Gasteiger partial charge in [-0.05, 0) is 93.4 Å². The highest BCUT2D eigenvalue weighted by atomic mass is 32.1. The van der Waals surface area contributed by atoms with E-state index in [1.54, 1.807) is 11.3 Å². The quantitative estimate of drug-likeness (QED) is 0.175. The molecule has 1 aliphatic carbocycles. The normalized spacial score (nSPS) is 12.6. The van der Waals surface area contributed by atoms with E-state index >= 15 is 0 Å². The number of nitrogens with zero attached hydrogens (tertiary/aromatic N) is 3. The number of hydrogen-bond donors (Lipinski definition) is 0. The Labute approximate surface area is 338 Å². The number of furan rings is 1. The number of fused-ring (bicyclic) bond motifs is 9. The van der Waals surface area contributed by atoms with Gasteiger partial charge in [0.1, 0.15) is 11.2 Å². The summed E-state index contributed by atoms with van der Waals surface area (Å²) in [6.45, 7) is 0. The number of thiophene rings is 1. The molecule has 0 fully saturated rings. The van der Waals surface area contributed by atoms with E-state index in [1.165, 1.54) is 53.2 Å². The molecule has 0 spiro atoms. The Morgan fingerprint density at radius 2 is 1.16 bits per heavy atom. The smallest absolute Gasteiger partial charge is 0.164 e. The Morgan fingerprint density at radius 3 is 2.07 bits per heavy atom. The highest BCUT2D eigenvalue weighted by Gasteiger charge is 2.22. The third-order valence-electron chi connectivity index (χ3n) is 11.6. The van der Waals surface area contributed by atoms with Crippen LogP contribution in [0.5, 0.6) is 0 Å². The van der Waals surface area contributed by atoms with Gasteiger partial charge in [0.15, 0.2) is 17.5 Å². The second kappa shape index (κ2) is 13.2. The van der Waals surface area contributed by atoms with Crippen molar-refractivity contribution in [3.05, 3.63) is 181 Å². The number of allylic oxidation sites excluding steroid dienone is 1. The van der Waals surface area contributed by atoms with E-state index < -0.39 is 0 Å². The first-order valence-corrected chi connectivity index (χ1v) is 20.6. The number of aromatic nitrogens is 3. The molecule has 0 unspecified atom stereocenters. The van der Waals surface area contributed by atoms with Gasteiger partial charge in [-0.1, -0.05) is 140 Å². The largest absolute Gasteiger partial charge is 0.456 e. The van der Waals surface area contributed by atoms with Gasteiger partial charge in [0.05, 0.1) is 0 Å². The van der Waals surface area contributed by atoms with Gasteiger partial charge in [0, 0.05) is 47.6 Å². The lowest BCUT2D eigenvalue weighted by Gasteiger charge is -2.19. The summed E-state index contributed by atoms with van der Waals surface area (Å²) in [6.07, 6.45) is 6.67. The van der Waals surface area contributed by atoms with Crippen molar-refractivity contribution in [1.29, 1.82) is 0 Å². The van der Waals surface area contributed by atoms with Gasteiger partial charge in [0.2, 0.25) is 0 Å². The highest BCUT2D eigenvalue weighted by Crippen LogP contribution is 2.44. The van der Waals surface area contributed by atoms with Crippen LogP contribution >= 0.6 is 11.3 Å². The molecule has 0 N–H and O–H groups in total. The Morgan fingerprint density at radius 1 is 0.448 bits per heavy atom. The fraction of sp³-hybridized carbons (Fsp3) is 0.0377. The maximum Gasteiger partial charge on any atom is 0.164 e. The number of hydrogen-bond acceptors (Lipinski definition) is 5. The van der Waals surface area contributed by atoms with E-state index in [-0.39, 0.29) is 0 Å². The third kappa shape index (κ3) is 5.24. The van der Waals surface area contributed by atoms with Gasteiger partial charge in [0.25, 0.3) is 0 Å². The molecule has 11 aromatic rings. The summed E-state index contributed by atoms with van der Waals surface area (Å²) in [4.78, 5) is 15.7. The predicted octanol–water partition coefficient (Wildman–Crippen LogP) is 14.6. The lowest BCUT2D eigenvalue weighted by molar-refractivity contribution is 0.669. The molecular formula is C53H33N3OS. The fourth-order valence-corrected chi connectivity index (χ4v) is 10.1. The zero-order valence-electron chi connectivity index (χ0n) is 31.3. The summed E-state index contributed by atoms with van der Waals surface area (Å²) >= 11 is 1.80. The van der Waals surface area contributed by atoms with Crippen LogP contribution in [-0.2, 0) is 6.42 Å². The molecule has 8 aromatic carbocycles. The second-order valence-corrected chi connectivity index (χ2v) is 16.0. The van der Waals surface area contributed by atoms with Gasteiger partial charge in [-0.2, -0.15) is 0 Å². The maximum atomic E-state index is 6.60. The van der Waals surface area contributed by atoms with Crippen molar-refractivity contribution >= 4 is 70.3 Å². The Hall–Kier alpha value is -7.21. The highest BCUT2D eigenvalue weighted by molar-refractivity contribution is 7.25. The average Bonchev–Trinajstić information content (AvgIpc) is 3.87. The maximum absolute atomic E-state index is 6.60. The van der Waals surface area contributed by atoms with Crippen LogP contribution < -0.4 is 0 Å². The molecule has 4 nitrogen and oxygen atoms in total. The second-order valence-electron chi connectivity index (χ2n) is 15.0. The first kappa shape index (κ1) is 33.0. The van der Waals surface area contributed by atoms with Gasteiger partial charge < -0.3 is 4.42 Å². The van der Waals surface area contributed by atoms with Crippen LogP contribution in [0.4, 0.5) is 0 Å². The van der Waals surface area contributed by atoms with Crippen LogP contribution in [0.3, 0.4) is 0 Å². The van der Waals surface area contributed by atoms with E-state index in [9.17, 15) is 0 Å². The average molecular weight is 760 g/mol. The van der Waals surface area contributed by atoms with Gasteiger partial charge in [-0.15, -0.1) is 11.3 Å². The molecule has 0 saturated carbocycles. The summed E-state index contributed by atoms with van der Waals surface area (Å²) in [7, 11) is 0. The summed E-state index contributed by atoms with van der Waals surface area (Å²) in [6, 6.07) is 57.8. The molecule has 0 saturated heterocycles. The van der Waals surface area contributed by atoms with E-state index in [0.717, 1.165) is 62.6 Å². The van der Waals surface area contributed by atoms with E-state index in [1.807, 2.05) is 18.2 Å². The van der Waals surface area contributed by atoms with Crippen molar-refractivity contribution in [2.75, 3.05) is 0 Å². The van der Waals surface area contributed by atoms with Crippen molar-refractivity contribution in [3.63, 3.8) is 0 Å². The van der Waals surface area contributed by atoms with Crippen molar-refractivity contribution in [2.45, 2.75) is 12.8 Å². The van der Waals surface area contributed by atoms with Crippen LogP contribution in [0.1, 0.15) is 17.5 Å². The van der Waals surface area contributed by atoms with Gasteiger partial charge >= 0.3 is 0 Å². The zero-order valence-corrected chi connectivity index (χ0v) is 32.1. The van der Waals surface area contributed by atoms with Crippen molar-refractivity contribution in [1.82, 2.24) is 15.0 Å². The monoisotopic (exact) mass is 759 g/mol. The summed E-state index contributed by atoms with van der Waals surface area (Å²) in [5, 5.41) is 7.10. The summed E-state index contributed by atoms with van der Waals surface area (Å²) in [5.74, 6) is 1.91. The minimum atomic E-state index is 0.623. The summed E-state index contributed by atoms with van der Waals surface area (Å²) < 4.78 is 9.06. The van der Waals surface area contributed by atoms with Gasteiger partial charge in [-0.25, -0.2) is 15.0 Å². The van der Waals surface area contributed by atoms with Crippen molar-refractivity contribution < 1.29 is 4.42 Å². The van der Waals surface area contributed by atoms with Gasteiger partial charge in [-0.3, -0.25) is 0 Å². The first-order valence-electron chi connectivity index (χ1n) is 19.7. The van der Waals surface area contributed by atoms with Crippen LogP contribution in [0.25, 0.3) is 115 Å². The van der Waals surface area contributed by atoms with Crippen LogP contribution in [-0.4, -0.2) is 15.0 Å². The molecule has 1 aliphatic rings. The Balaban J connectivity index is 1.07. The molecule has 5 heteroatoms. The SMILES string of the molecule is C1=Cc2c(c(-c3ccc4oc5cccc(-c6ccccc6-c6nc(-c7ccccc7)nc(-c7cccc8sc9ccccc9c78)n6)c5c4c3)cc3ccccc23)CC1. The van der Waals surface area contributed by atoms with Crippen LogP contribution in [0, 0.1) is 0 Å². The van der Waals surface area contributed by atoms with E-state index in [2.05, 4.69) is 158 Å².